The lowest BCUT2D eigenvalue weighted by Crippen LogP contribution is -2.28. The molecule has 0 aliphatic heterocycles. The highest BCUT2D eigenvalue weighted by atomic mass is 16.5. The van der Waals surface area contributed by atoms with Crippen molar-refractivity contribution >= 4 is 11.8 Å². The Labute approximate surface area is 163 Å². The van der Waals surface area contributed by atoms with Gasteiger partial charge in [0.15, 0.2) is 0 Å². The van der Waals surface area contributed by atoms with E-state index in [9.17, 15) is 9.59 Å². The van der Waals surface area contributed by atoms with Gasteiger partial charge in [-0.15, -0.1) is 0 Å². The fourth-order valence-electron chi connectivity index (χ4n) is 2.39. The summed E-state index contributed by atoms with van der Waals surface area (Å²) in [5, 5.41) is 9.04. The summed E-state index contributed by atoms with van der Waals surface area (Å²) in [4.78, 5) is 23.7. The second kappa shape index (κ2) is 14.2. The molecule has 0 spiro atoms. The largest absolute Gasteiger partial charge is 0.379 e. The van der Waals surface area contributed by atoms with Gasteiger partial charge in [-0.05, 0) is 24.1 Å². The molecule has 6 nitrogen and oxygen atoms in total. The van der Waals surface area contributed by atoms with Crippen LogP contribution in [-0.2, 0) is 16.1 Å². The summed E-state index contributed by atoms with van der Waals surface area (Å²) in [7, 11) is 0. The van der Waals surface area contributed by atoms with Crippen LogP contribution in [0.2, 0.25) is 0 Å². The van der Waals surface area contributed by atoms with E-state index in [0.29, 0.717) is 37.8 Å². The van der Waals surface area contributed by atoms with E-state index in [4.69, 9.17) is 4.74 Å². The predicted octanol–water partition coefficient (Wildman–Crippen LogP) is 2.63. The average Bonchev–Trinajstić information content (AvgIpc) is 2.66. The van der Waals surface area contributed by atoms with Gasteiger partial charge in [-0.25, -0.2) is 0 Å². The summed E-state index contributed by atoms with van der Waals surface area (Å²) < 4.78 is 5.41. The molecule has 3 N–H and O–H groups in total. The molecule has 0 saturated carbocycles. The SMILES string of the molecule is CCCCCNC(=O)CCOCCNC(=O)c1ccc(CNC(C)C)cc1. The van der Waals surface area contributed by atoms with Crippen LogP contribution in [0, 0.1) is 0 Å². The number of ether oxygens (including phenoxy) is 1. The lowest BCUT2D eigenvalue weighted by molar-refractivity contribution is -0.122. The van der Waals surface area contributed by atoms with Gasteiger partial charge in [0.2, 0.25) is 5.91 Å². The van der Waals surface area contributed by atoms with Crippen molar-refractivity contribution in [1.29, 1.82) is 0 Å². The van der Waals surface area contributed by atoms with Crippen molar-refractivity contribution in [2.75, 3.05) is 26.3 Å². The van der Waals surface area contributed by atoms with E-state index in [1.54, 1.807) is 0 Å². The van der Waals surface area contributed by atoms with E-state index in [1.807, 2.05) is 24.3 Å². The lowest BCUT2D eigenvalue weighted by Gasteiger charge is -2.09. The Bertz CT molecular complexity index is 544. The summed E-state index contributed by atoms with van der Waals surface area (Å²) in [6, 6.07) is 8.01. The fourth-order valence-corrected chi connectivity index (χ4v) is 2.39. The second-order valence-corrected chi connectivity index (χ2v) is 6.91. The van der Waals surface area contributed by atoms with Crippen molar-refractivity contribution in [3.63, 3.8) is 0 Å². The monoisotopic (exact) mass is 377 g/mol. The standard InChI is InChI=1S/C21H35N3O3/c1-4-5-6-12-22-20(25)11-14-27-15-13-23-21(26)19-9-7-18(8-10-19)16-24-17(2)3/h7-10,17,24H,4-6,11-16H2,1-3H3,(H,22,25)(H,23,26). The predicted molar refractivity (Wildman–Crippen MR) is 109 cm³/mol. The number of carbonyl (C=O) groups is 2. The van der Waals surface area contributed by atoms with Gasteiger partial charge in [0, 0.05) is 37.7 Å². The van der Waals surface area contributed by atoms with E-state index < -0.39 is 0 Å². The summed E-state index contributed by atoms with van der Waals surface area (Å²) in [5.41, 5.74) is 1.78. The molecule has 0 unspecified atom stereocenters. The molecule has 27 heavy (non-hydrogen) atoms. The van der Waals surface area contributed by atoms with Crippen LogP contribution in [0.5, 0.6) is 0 Å². The maximum absolute atomic E-state index is 12.1. The Kier molecular flexibility index (Phi) is 12.1. The van der Waals surface area contributed by atoms with E-state index in [2.05, 4.69) is 36.7 Å². The van der Waals surface area contributed by atoms with Crippen molar-refractivity contribution in [1.82, 2.24) is 16.0 Å². The molecule has 0 heterocycles. The highest BCUT2D eigenvalue weighted by molar-refractivity contribution is 5.94. The number of nitrogens with one attached hydrogen (secondary N) is 3. The van der Waals surface area contributed by atoms with Gasteiger partial charge in [0.1, 0.15) is 0 Å². The molecule has 6 heteroatoms. The van der Waals surface area contributed by atoms with Crippen LogP contribution in [0.4, 0.5) is 0 Å². The Balaban J connectivity index is 2.10. The van der Waals surface area contributed by atoms with Crippen molar-refractivity contribution in [3.05, 3.63) is 35.4 Å². The van der Waals surface area contributed by atoms with Gasteiger partial charge in [0.25, 0.3) is 5.91 Å². The molecule has 0 bridgehead atoms. The van der Waals surface area contributed by atoms with Crippen molar-refractivity contribution in [2.24, 2.45) is 0 Å². The number of amides is 2. The first-order valence-electron chi connectivity index (χ1n) is 9.98. The van der Waals surface area contributed by atoms with Crippen molar-refractivity contribution in [2.45, 2.75) is 59.0 Å². The molecule has 0 aromatic heterocycles. The maximum atomic E-state index is 12.1. The van der Waals surface area contributed by atoms with Gasteiger partial charge in [-0.1, -0.05) is 45.7 Å². The number of carbonyl (C=O) groups excluding carboxylic acids is 2. The smallest absolute Gasteiger partial charge is 0.251 e. The normalized spacial score (nSPS) is 10.8. The third-order valence-corrected chi connectivity index (χ3v) is 4.04. The van der Waals surface area contributed by atoms with Crippen LogP contribution in [0.25, 0.3) is 0 Å². The van der Waals surface area contributed by atoms with E-state index in [0.717, 1.165) is 37.9 Å². The Hall–Kier alpha value is -1.92. The molecule has 0 fully saturated rings. The molecule has 0 aliphatic carbocycles. The third-order valence-electron chi connectivity index (χ3n) is 4.04. The zero-order valence-electron chi connectivity index (χ0n) is 17.0. The number of rotatable bonds is 14. The topological polar surface area (TPSA) is 79.5 Å². The van der Waals surface area contributed by atoms with Gasteiger partial charge in [-0.2, -0.15) is 0 Å². The molecular formula is C21H35N3O3. The zero-order valence-corrected chi connectivity index (χ0v) is 17.0. The highest BCUT2D eigenvalue weighted by Gasteiger charge is 2.05. The lowest BCUT2D eigenvalue weighted by atomic mass is 10.1. The molecule has 2 amide bonds. The van der Waals surface area contributed by atoms with E-state index in [1.165, 1.54) is 0 Å². The molecule has 0 aliphatic rings. The number of benzene rings is 1. The molecule has 152 valence electrons. The van der Waals surface area contributed by atoms with Crippen LogP contribution < -0.4 is 16.0 Å². The minimum absolute atomic E-state index is 0.0159. The van der Waals surface area contributed by atoms with Crippen LogP contribution >= 0.6 is 0 Å². The Morgan fingerprint density at radius 3 is 2.41 bits per heavy atom. The van der Waals surface area contributed by atoms with Crippen LogP contribution in [-0.4, -0.2) is 44.2 Å². The van der Waals surface area contributed by atoms with E-state index >= 15 is 0 Å². The maximum Gasteiger partial charge on any atom is 0.251 e. The van der Waals surface area contributed by atoms with Crippen molar-refractivity contribution < 1.29 is 14.3 Å². The summed E-state index contributed by atoms with van der Waals surface area (Å²) >= 11 is 0. The number of hydrogen-bond donors (Lipinski definition) is 3. The van der Waals surface area contributed by atoms with Crippen LogP contribution in [0.1, 0.15) is 62.4 Å². The minimum Gasteiger partial charge on any atom is -0.379 e. The molecule has 1 aromatic rings. The summed E-state index contributed by atoms with van der Waals surface area (Å²) in [6.45, 7) is 9.04. The summed E-state index contributed by atoms with van der Waals surface area (Å²) in [6.07, 6.45) is 3.65. The highest BCUT2D eigenvalue weighted by Crippen LogP contribution is 2.04. The van der Waals surface area contributed by atoms with Gasteiger partial charge < -0.3 is 20.7 Å². The quantitative estimate of drug-likeness (QED) is 0.436. The fraction of sp³-hybridized carbons (Fsp3) is 0.619. The molecule has 0 saturated heterocycles. The van der Waals surface area contributed by atoms with E-state index in [-0.39, 0.29) is 11.8 Å². The first-order valence-corrected chi connectivity index (χ1v) is 9.98. The molecule has 1 aromatic carbocycles. The second-order valence-electron chi connectivity index (χ2n) is 6.91. The van der Waals surface area contributed by atoms with Gasteiger partial charge >= 0.3 is 0 Å². The first-order chi connectivity index (χ1) is 13.0. The minimum atomic E-state index is -0.115. The van der Waals surface area contributed by atoms with Crippen molar-refractivity contribution in [3.8, 4) is 0 Å². The number of hydrogen-bond acceptors (Lipinski definition) is 4. The van der Waals surface area contributed by atoms with Crippen LogP contribution in [0.3, 0.4) is 0 Å². The molecule has 0 radical (unpaired) electrons. The molecule has 0 atom stereocenters. The summed E-state index contributed by atoms with van der Waals surface area (Å²) in [5.74, 6) is -0.0992. The van der Waals surface area contributed by atoms with Crippen LogP contribution in [0.15, 0.2) is 24.3 Å². The third kappa shape index (κ3) is 11.4. The van der Waals surface area contributed by atoms with Gasteiger partial charge in [-0.3, -0.25) is 9.59 Å². The number of unbranched alkanes of at least 4 members (excludes halogenated alkanes) is 2. The zero-order chi connectivity index (χ0) is 19.9. The first kappa shape index (κ1) is 23.1. The Morgan fingerprint density at radius 2 is 1.74 bits per heavy atom. The molecular weight excluding hydrogens is 342 g/mol. The van der Waals surface area contributed by atoms with Gasteiger partial charge in [0.05, 0.1) is 13.2 Å². The Morgan fingerprint density at radius 1 is 1.00 bits per heavy atom. The average molecular weight is 378 g/mol. The molecule has 1 rings (SSSR count).